The highest BCUT2D eigenvalue weighted by Gasteiger charge is 2.13. The summed E-state index contributed by atoms with van der Waals surface area (Å²) in [5.74, 6) is 0.412. The van der Waals surface area contributed by atoms with Crippen LogP contribution in [0.15, 0.2) is 0 Å². The third-order valence-electron chi connectivity index (χ3n) is 1.98. The lowest BCUT2D eigenvalue weighted by atomic mass is 9.95. The van der Waals surface area contributed by atoms with Gasteiger partial charge in [-0.3, -0.25) is 0 Å². The van der Waals surface area contributed by atoms with Crippen LogP contribution in [0.5, 0.6) is 0 Å². The van der Waals surface area contributed by atoms with Crippen LogP contribution < -0.4 is 0 Å². The summed E-state index contributed by atoms with van der Waals surface area (Å²) >= 11 is 0. The molecule has 0 amide bonds. The average molecular weight is 129 g/mol. The first-order chi connectivity index (χ1) is 4.26. The van der Waals surface area contributed by atoms with Crippen molar-refractivity contribution in [3.63, 3.8) is 0 Å². The molecule has 0 aromatic heterocycles. The Balaban J connectivity index is 3.50. The van der Waals surface area contributed by atoms with Gasteiger partial charge in [0, 0.05) is 0 Å². The smallest absolute Gasteiger partial charge is 0.0955 e. The molecule has 1 radical (unpaired) electrons. The summed E-state index contributed by atoms with van der Waals surface area (Å²) in [6.07, 6.45) is 2.54. The molecule has 1 atom stereocenters. The van der Waals surface area contributed by atoms with E-state index in [4.69, 9.17) is 0 Å². The molecule has 0 rings (SSSR count). The molecule has 0 aromatic rings. The van der Waals surface area contributed by atoms with Gasteiger partial charge in [-0.25, -0.2) is 5.11 Å². The topological polar surface area (TPSA) is 19.9 Å². The van der Waals surface area contributed by atoms with E-state index < -0.39 is 0 Å². The monoisotopic (exact) mass is 129 g/mol. The second kappa shape index (κ2) is 4.80. The minimum Gasteiger partial charge on any atom is -0.233 e. The summed E-state index contributed by atoms with van der Waals surface area (Å²) in [5.41, 5.74) is 0. The van der Waals surface area contributed by atoms with E-state index in [2.05, 4.69) is 13.8 Å². The first kappa shape index (κ1) is 8.96. The third-order valence-corrected chi connectivity index (χ3v) is 1.98. The fourth-order valence-electron chi connectivity index (χ4n) is 1.15. The minimum atomic E-state index is -0.319. The summed E-state index contributed by atoms with van der Waals surface area (Å²) in [7, 11) is 0. The van der Waals surface area contributed by atoms with Gasteiger partial charge in [0.1, 0.15) is 0 Å². The molecule has 0 spiro atoms. The zero-order chi connectivity index (χ0) is 7.28. The maximum Gasteiger partial charge on any atom is 0.0955 e. The Morgan fingerprint density at radius 1 is 1.00 bits per heavy atom. The summed E-state index contributed by atoms with van der Waals surface area (Å²) < 4.78 is 0. The van der Waals surface area contributed by atoms with Crippen LogP contribution in [0.25, 0.3) is 0 Å². The van der Waals surface area contributed by atoms with Crippen molar-refractivity contribution >= 4 is 0 Å². The van der Waals surface area contributed by atoms with Gasteiger partial charge in [-0.1, -0.05) is 33.6 Å². The predicted molar refractivity (Wildman–Crippen MR) is 38.8 cm³/mol. The molecule has 0 saturated carbocycles. The van der Waals surface area contributed by atoms with Crippen molar-refractivity contribution in [1.82, 2.24) is 0 Å². The number of hydrogen-bond acceptors (Lipinski definition) is 0. The molecule has 0 aliphatic heterocycles. The van der Waals surface area contributed by atoms with Crippen LogP contribution in [-0.4, -0.2) is 6.10 Å². The molecular weight excluding hydrogens is 112 g/mol. The zero-order valence-corrected chi connectivity index (χ0v) is 6.68. The van der Waals surface area contributed by atoms with Crippen LogP contribution in [0.1, 0.15) is 40.0 Å². The van der Waals surface area contributed by atoms with Crippen LogP contribution in [0, 0.1) is 5.92 Å². The lowest BCUT2D eigenvalue weighted by Gasteiger charge is -2.15. The van der Waals surface area contributed by atoms with Crippen molar-refractivity contribution in [2.45, 2.75) is 46.1 Å². The van der Waals surface area contributed by atoms with Crippen LogP contribution in [0.3, 0.4) is 0 Å². The maximum absolute atomic E-state index is 11.1. The van der Waals surface area contributed by atoms with Crippen LogP contribution in [0.2, 0.25) is 0 Å². The van der Waals surface area contributed by atoms with Crippen LogP contribution in [-0.2, 0) is 5.11 Å². The van der Waals surface area contributed by atoms with E-state index >= 15 is 0 Å². The average Bonchev–Trinajstić information content (AvgIpc) is 1.90. The van der Waals surface area contributed by atoms with Crippen LogP contribution >= 0.6 is 0 Å². The van der Waals surface area contributed by atoms with Gasteiger partial charge in [0.25, 0.3) is 0 Å². The van der Waals surface area contributed by atoms with E-state index in [9.17, 15) is 5.11 Å². The van der Waals surface area contributed by atoms with Gasteiger partial charge in [-0.15, -0.1) is 0 Å². The molecular formula is C8H17O. The molecule has 0 aliphatic carbocycles. The van der Waals surface area contributed by atoms with Gasteiger partial charge in [0.15, 0.2) is 0 Å². The van der Waals surface area contributed by atoms with Crippen molar-refractivity contribution in [3.8, 4) is 0 Å². The standard InChI is InChI=1S/C8H17O/c1-4-7(5-2)8(9)6-3/h7-8H,4-6H2,1-3H3. The Hall–Kier alpha value is -0.0400. The highest BCUT2D eigenvalue weighted by molar-refractivity contribution is 4.62. The minimum absolute atomic E-state index is 0.319. The van der Waals surface area contributed by atoms with E-state index in [0.29, 0.717) is 5.92 Å². The molecule has 55 valence electrons. The first-order valence-corrected chi connectivity index (χ1v) is 3.92. The second-order valence-electron chi connectivity index (χ2n) is 2.52. The Labute approximate surface area is 58.1 Å². The summed E-state index contributed by atoms with van der Waals surface area (Å²) in [4.78, 5) is 0. The molecule has 0 bridgehead atoms. The van der Waals surface area contributed by atoms with Gasteiger partial charge in [0.2, 0.25) is 0 Å². The molecule has 1 nitrogen and oxygen atoms in total. The number of hydrogen-bond donors (Lipinski definition) is 0. The van der Waals surface area contributed by atoms with Crippen molar-refractivity contribution in [2.24, 2.45) is 5.92 Å². The largest absolute Gasteiger partial charge is 0.233 e. The Morgan fingerprint density at radius 3 is 1.56 bits per heavy atom. The zero-order valence-electron chi connectivity index (χ0n) is 6.68. The highest BCUT2D eigenvalue weighted by atomic mass is 16.3. The van der Waals surface area contributed by atoms with Gasteiger partial charge in [-0.2, -0.15) is 0 Å². The molecule has 9 heavy (non-hydrogen) atoms. The van der Waals surface area contributed by atoms with Crippen molar-refractivity contribution < 1.29 is 5.11 Å². The van der Waals surface area contributed by atoms with Gasteiger partial charge in [-0.05, 0) is 12.3 Å². The molecule has 1 heteroatoms. The second-order valence-corrected chi connectivity index (χ2v) is 2.52. The van der Waals surface area contributed by atoms with E-state index in [1.807, 2.05) is 6.92 Å². The Kier molecular flexibility index (Phi) is 4.78. The SMILES string of the molecule is CCC([O])C(CC)CC. The molecule has 1 unspecified atom stereocenters. The third kappa shape index (κ3) is 2.85. The summed E-state index contributed by atoms with van der Waals surface area (Å²) in [6, 6.07) is 0. The molecule has 0 aliphatic rings. The Morgan fingerprint density at radius 2 is 1.44 bits per heavy atom. The molecule has 0 aromatic carbocycles. The normalized spacial score (nSPS) is 14.3. The van der Waals surface area contributed by atoms with E-state index in [1.54, 1.807) is 0 Å². The fourth-order valence-corrected chi connectivity index (χ4v) is 1.15. The lowest BCUT2D eigenvalue weighted by molar-refractivity contribution is 0.0304. The van der Waals surface area contributed by atoms with E-state index in [1.165, 1.54) is 0 Å². The predicted octanol–water partition coefficient (Wildman–Crippen LogP) is 2.63. The molecule has 0 N–H and O–H groups in total. The molecule has 0 fully saturated rings. The Bertz CT molecular complexity index is 57.6. The number of rotatable bonds is 4. The van der Waals surface area contributed by atoms with Crippen LogP contribution in [0.4, 0.5) is 0 Å². The summed E-state index contributed by atoms with van der Waals surface area (Å²) in [6.45, 7) is 6.15. The highest BCUT2D eigenvalue weighted by Crippen LogP contribution is 2.15. The maximum atomic E-state index is 11.1. The van der Waals surface area contributed by atoms with Gasteiger partial charge >= 0.3 is 0 Å². The van der Waals surface area contributed by atoms with Crippen molar-refractivity contribution in [3.05, 3.63) is 0 Å². The first-order valence-electron chi connectivity index (χ1n) is 3.92. The van der Waals surface area contributed by atoms with Gasteiger partial charge in [0.05, 0.1) is 6.10 Å². The van der Waals surface area contributed by atoms with Crippen molar-refractivity contribution in [2.75, 3.05) is 0 Å². The van der Waals surface area contributed by atoms with E-state index in [0.717, 1.165) is 19.3 Å². The van der Waals surface area contributed by atoms with Gasteiger partial charge < -0.3 is 0 Å². The quantitative estimate of drug-likeness (QED) is 0.556. The summed E-state index contributed by atoms with van der Waals surface area (Å²) in [5, 5.41) is 11.1. The van der Waals surface area contributed by atoms with E-state index in [-0.39, 0.29) is 6.10 Å². The molecule has 0 heterocycles. The molecule has 0 saturated heterocycles. The fraction of sp³-hybridized carbons (Fsp3) is 1.00. The van der Waals surface area contributed by atoms with Crippen molar-refractivity contribution in [1.29, 1.82) is 0 Å². The lowest BCUT2D eigenvalue weighted by Crippen LogP contribution is -2.15.